The summed E-state index contributed by atoms with van der Waals surface area (Å²) < 4.78 is 48.6. The SMILES string of the molecule is C[C@@H](COc1ccc(C(C)(C)c2ccc(OCCCCl)cc2)cc1)C(F)(F)F. The van der Waals surface area contributed by atoms with E-state index in [1.54, 1.807) is 12.1 Å². The molecule has 2 rings (SSSR count). The summed E-state index contributed by atoms with van der Waals surface area (Å²) in [5.74, 6) is 0.291. The van der Waals surface area contributed by atoms with Crippen LogP contribution in [0.5, 0.6) is 11.5 Å². The van der Waals surface area contributed by atoms with Gasteiger partial charge in [-0.1, -0.05) is 45.0 Å². The summed E-state index contributed by atoms with van der Waals surface area (Å²) >= 11 is 5.65. The fourth-order valence-electron chi connectivity index (χ4n) is 2.66. The predicted molar refractivity (Wildman–Crippen MR) is 107 cm³/mol. The van der Waals surface area contributed by atoms with Crippen LogP contribution in [0.2, 0.25) is 0 Å². The van der Waals surface area contributed by atoms with E-state index in [9.17, 15) is 13.2 Å². The minimum Gasteiger partial charge on any atom is -0.494 e. The van der Waals surface area contributed by atoms with Crippen molar-refractivity contribution >= 4 is 11.6 Å². The van der Waals surface area contributed by atoms with Gasteiger partial charge in [0.2, 0.25) is 0 Å². The van der Waals surface area contributed by atoms with Crippen LogP contribution < -0.4 is 9.47 Å². The van der Waals surface area contributed by atoms with Crippen LogP contribution in [0.4, 0.5) is 13.2 Å². The van der Waals surface area contributed by atoms with Crippen molar-refractivity contribution < 1.29 is 22.6 Å². The zero-order valence-electron chi connectivity index (χ0n) is 16.4. The van der Waals surface area contributed by atoms with Crippen LogP contribution in [0.15, 0.2) is 48.5 Å². The van der Waals surface area contributed by atoms with Crippen molar-refractivity contribution in [2.45, 2.75) is 38.8 Å². The lowest BCUT2D eigenvalue weighted by Gasteiger charge is -2.26. The van der Waals surface area contributed by atoms with E-state index in [4.69, 9.17) is 21.1 Å². The van der Waals surface area contributed by atoms with Gasteiger partial charge in [0.25, 0.3) is 0 Å². The molecule has 0 bridgehead atoms. The van der Waals surface area contributed by atoms with Gasteiger partial charge in [0.1, 0.15) is 11.5 Å². The summed E-state index contributed by atoms with van der Waals surface area (Å²) in [4.78, 5) is 0. The van der Waals surface area contributed by atoms with Crippen LogP contribution in [0.25, 0.3) is 0 Å². The molecular weight excluding hydrogens is 389 g/mol. The molecule has 0 aliphatic rings. The van der Waals surface area contributed by atoms with Gasteiger partial charge in [0.15, 0.2) is 0 Å². The van der Waals surface area contributed by atoms with Crippen molar-refractivity contribution in [1.29, 1.82) is 0 Å². The van der Waals surface area contributed by atoms with Crippen LogP contribution in [0.3, 0.4) is 0 Å². The van der Waals surface area contributed by atoms with Gasteiger partial charge < -0.3 is 9.47 Å². The molecule has 0 aliphatic carbocycles. The highest BCUT2D eigenvalue weighted by Gasteiger charge is 2.36. The number of hydrogen-bond acceptors (Lipinski definition) is 2. The molecule has 2 aromatic rings. The summed E-state index contributed by atoms with van der Waals surface area (Å²) in [6, 6.07) is 15.1. The molecule has 0 aromatic heterocycles. The molecule has 1 atom stereocenters. The monoisotopic (exact) mass is 414 g/mol. The summed E-state index contributed by atoms with van der Waals surface area (Å²) in [5, 5.41) is 0. The van der Waals surface area contributed by atoms with Gasteiger partial charge in [-0.3, -0.25) is 0 Å². The first-order valence-corrected chi connectivity index (χ1v) is 9.77. The molecule has 2 aromatic carbocycles. The fraction of sp³-hybridized carbons (Fsp3) is 0.455. The topological polar surface area (TPSA) is 18.5 Å². The summed E-state index contributed by atoms with van der Waals surface area (Å²) in [6.45, 7) is 5.49. The Morgan fingerprint density at radius 2 is 1.32 bits per heavy atom. The molecule has 0 radical (unpaired) electrons. The van der Waals surface area contributed by atoms with E-state index in [0.29, 0.717) is 18.2 Å². The molecule has 0 amide bonds. The third-order valence-electron chi connectivity index (χ3n) is 4.76. The Morgan fingerprint density at radius 3 is 1.75 bits per heavy atom. The minimum atomic E-state index is -4.25. The highest BCUT2D eigenvalue weighted by molar-refractivity contribution is 6.17. The molecule has 0 aliphatic heterocycles. The third-order valence-corrected chi connectivity index (χ3v) is 5.02. The van der Waals surface area contributed by atoms with Gasteiger partial charge in [0, 0.05) is 11.3 Å². The first-order valence-electron chi connectivity index (χ1n) is 9.24. The number of ether oxygens (including phenoxy) is 2. The van der Waals surface area contributed by atoms with E-state index in [1.165, 1.54) is 0 Å². The average molecular weight is 415 g/mol. The van der Waals surface area contributed by atoms with E-state index < -0.39 is 18.7 Å². The zero-order chi connectivity index (χ0) is 20.8. The van der Waals surface area contributed by atoms with Crippen LogP contribution >= 0.6 is 11.6 Å². The van der Waals surface area contributed by atoms with Crippen molar-refractivity contribution in [2.75, 3.05) is 19.1 Å². The second kappa shape index (κ2) is 9.55. The molecule has 0 fully saturated rings. The second-order valence-electron chi connectivity index (χ2n) is 7.32. The molecule has 0 N–H and O–H groups in total. The third kappa shape index (κ3) is 6.06. The van der Waals surface area contributed by atoms with Gasteiger partial charge in [0.05, 0.1) is 19.1 Å². The maximum absolute atomic E-state index is 12.6. The van der Waals surface area contributed by atoms with Crippen LogP contribution in [-0.2, 0) is 5.41 Å². The Hall–Kier alpha value is -1.88. The Bertz CT molecular complexity index is 725. The molecule has 6 heteroatoms. The maximum atomic E-state index is 12.6. The van der Waals surface area contributed by atoms with Crippen LogP contribution in [0.1, 0.15) is 38.3 Å². The molecule has 0 saturated carbocycles. The van der Waals surface area contributed by atoms with Crippen molar-refractivity contribution in [3.8, 4) is 11.5 Å². The van der Waals surface area contributed by atoms with Crippen molar-refractivity contribution in [1.82, 2.24) is 0 Å². The van der Waals surface area contributed by atoms with Crippen molar-refractivity contribution in [3.05, 3.63) is 59.7 Å². The quantitative estimate of drug-likeness (QED) is 0.340. The van der Waals surface area contributed by atoms with E-state index in [2.05, 4.69) is 13.8 Å². The number of benzene rings is 2. The molecule has 0 heterocycles. The van der Waals surface area contributed by atoms with E-state index in [-0.39, 0.29) is 5.41 Å². The smallest absolute Gasteiger partial charge is 0.394 e. The van der Waals surface area contributed by atoms with E-state index in [0.717, 1.165) is 30.2 Å². The lowest BCUT2D eigenvalue weighted by atomic mass is 9.78. The number of hydrogen-bond donors (Lipinski definition) is 0. The number of rotatable bonds is 9. The number of alkyl halides is 4. The highest BCUT2D eigenvalue weighted by Crippen LogP contribution is 2.33. The molecule has 2 nitrogen and oxygen atoms in total. The van der Waals surface area contributed by atoms with Gasteiger partial charge in [-0.25, -0.2) is 0 Å². The Kier molecular flexibility index (Phi) is 7.64. The Labute approximate surface area is 169 Å². The molecule has 0 spiro atoms. The van der Waals surface area contributed by atoms with Crippen LogP contribution in [-0.4, -0.2) is 25.3 Å². The molecule has 28 heavy (non-hydrogen) atoms. The Morgan fingerprint density at radius 1 is 0.857 bits per heavy atom. The van der Waals surface area contributed by atoms with Gasteiger partial charge >= 0.3 is 6.18 Å². The zero-order valence-corrected chi connectivity index (χ0v) is 17.1. The standard InChI is InChI=1S/C22H26ClF3O2/c1-16(22(24,25)26)15-28-20-11-7-18(8-12-20)21(2,3)17-5-9-19(10-6-17)27-14-4-13-23/h5-12,16H,4,13-15H2,1-3H3/t16-/m0/s1. The fourth-order valence-corrected chi connectivity index (χ4v) is 2.77. The lowest BCUT2D eigenvalue weighted by Crippen LogP contribution is -2.25. The van der Waals surface area contributed by atoms with E-state index >= 15 is 0 Å². The molecule has 154 valence electrons. The molecule has 0 unspecified atom stereocenters. The van der Waals surface area contributed by atoms with Gasteiger partial charge in [-0.15, -0.1) is 11.6 Å². The van der Waals surface area contributed by atoms with Crippen LogP contribution in [0, 0.1) is 5.92 Å². The van der Waals surface area contributed by atoms with Gasteiger partial charge in [-0.2, -0.15) is 13.2 Å². The highest BCUT2D eigenvalue weighted by atomic mass is 35.5. The normalized spacial score (nSPS) is 13.2. The number of halogens is 4. The molecule has 0 saturated heterocycles. The largest absolute Gasteiger partial charge is 0.494 e. The average Bonchev–Trinajstić information content (AvgIpc) is 2.66. The van der Waals surface area contributed by atoms with E-state index in [1.807, 2.05) is 36.4 Å². The maximum Gasteiger partial charge on any atom is 0.394 e. The van der Waals surface area contributed by atoms with Gasteiger partial charge in [-0.05, 0) is 41.8 Å². The first kappa shape index (κ1) is 22.4. The second-order valence-corrected chi connectivity index (χ2v) is 7.70. The Balaban J connectivity index is 2.03. The predicted octanol–water partition coefficient (Wildman–Crippen LogP) is 6.60. The first-order chi connectivity index (χ1) is 13.1. The van der Waals surface area contributed by atoms with Crippen molar-refractivity contribution in [2.24, 2.45) is 5.92 Å². The minimum absolute atomic E-state index is 0.271. The summed E-state index contributed by atoms with van der Waals surface area (Å²) in [5.41, 5.74) is 1.88. The molecular formula is C22H26ClF3O2. The summed E-state index contributed by atoms with van der Waals surface area (Å²) in [7, 11) is 0. The lowest BCUT2D eigenvalue weighted by molar-refractivity contribution is -0.176. The summed E-state index contributed by atoms with van der Waals surface area (Å²) in [6.07, 6.45) is -3.45. The van der Waals surface area contributed by atoms with Crippen molar-refractivity contribution in [3.63, 3.8) is 0 Å².